The molecule has 10 aromatic carbocycles. The monoisotopic (exact) mass is 1990 g/mol. The number of nitrogens with one attached hydrogen (secondary N) is 13. The van der Waals surface area contributed by atoms with Gasteiger partial charge in [-0.2, -0.15) is 24.9 Å². The molecule has 754 valence electrons. The fourth-order valence-electron chi connectivity index (χ4n) is 13.5. The molecule has 6 heterocycles. The van der Waals surface area contributed by atoms with E-state index in [-0.39, 0.29) is 47.0 Å². The Balaban J connectivity index is 0.000000166. The van der Waals surface area contributed by atoms with Crippen LogP contribution in [0.1, 0.15) is 108 Å². The zero-order valence-corrected chi connectivity index (χ0v) is 83.6. The van der Waals surface area contributed by atoms with E-state index in [1.165, 1.54) is 18.2 Å². The Morgan fingerprint density at radius 2 is 0.757 bits per heavy atom. The van der Waals surface area contributed by atoms with E-state index in [0.717, 1.165) is 104 Å². The van der Waals surface area contributed by atoms with Gasteiger partial charge in [-0.15, -0.1) is 0 Å². The third-order valence-corrected chi connectivity index (χ3v) is 20.7. The van der Waals surface area contributed by atoms with Gasteiger partial charge in [0.2, 0.25) is 41.6 Å². The molecule has 148 heavy (non-hydrogen) atoms. The molecular formula is C114H116FN23O10. The van der Waals surface area contributed by atoms with Crippen molar-refractivity contribution in [2.24, 2.45) is 0 Å². The van der Waals surface area contributed by atoms with E-state index in [4.69, 9.17) is 18.9 Å². The highest BCUT2D eigenvalue weighted by molar-refractivity contribution is 6.07. The first kappa shape index (κ1) is 108. The van der Waals surface area contributed by atoms with Crippen molar-refractivity contribution in [1.29, 1.82) is 0 Å². The molecule has 0 aliphatic carbocycles. The molecule has 1 atom stereocenters. The van der Waals surface area contributed by atoms with E-state index < -0.39 is 17.5 Å². The number of rotatable bonds is 37. The van der Waals surface area contributed by atoms with E-state index in [1.807, 2.05) is 275 Å². The minimum absolute atomic E-state index is 0.00381. The number of ether oxygens (including phenoxy) is 4. The first-order valence-corrected chi connectivity index (χ1v) is 47.2. The molecule has 0 unspecified atom stereocenters. The first-order chi connectivity index (χ1) is 71.5. The number of hydrogen-bond acceptors (Lipinski definition) is 30. The number of anilines is 22. The highest BCUT2D eigenvalue weighted by atomic mass is 19.1. The molecule has 0 bridgehead atoms. The number of amides is 3. The van der Waals surface area contributed by atoms with Crippen LogP contribution in [0.25, 0.3) is 0 Å². The summed E-state index contributed by atoms with van der Waals surface area (Å²) < 4.78 is 36.5. The van der Waals surface area contributed by atoms with E-state index in [1.54, 1.807) is 97.6 Å². The highest BCUT2D eigenvalue weighted by Crippen LogP contribution is 2.32. The predicted octanol–water partition coefficient (Wildman–Crippen LogP) is 25.2. The number of ketones is 3. The second-order valence-corrected chi connectivity index (χ2v) is 34.2. The lowest BCUT2D eigenvalue weighted by Gasteiger charge is -2.19. The van der Waals surface area contributed by atoms with Crippen molar-refractivity contribution in [1.82, 2.24) is 55.2 Å². The fourth-order valence-corrected chi connectivity index (χ4v) is 13.5. The number of aryl methyl sites for hydroxylation is 4. The van der Waals surface area contributed by atoms with Crippen LogP contribution in [0, 0.1) is 33.5 Å². The number of hydrogen-bond donors (Lipinski definition) is 13. The van der Waals surface area contributed by atoms with Gasteiger partial charge in [-0.05, 0) is 252 Å². The fraction of sp³-hybridized carbons (Fsp3) is 0.158. The summed E-state index contributed by atoms with van der Waals surface area (Å²) in [6.07, 6.45) is 17.8. The zero-order valence-electron chi connectivity index (χ0n) is 83.6. The highest BCUT2D eigenvalue weighted by Gasteiger charge is 2.21. The van der Waals surface area contributed by atoms with Crippen LogP contribution in [-0.4, -0.2) is 123 Å². The molecule has 1 fully saturated rings. The number of carbonyl (C=O) groups is 6. The van der Waals surface area contributed by atoms with E-state index in [2.05, 4.69) is 139 Å². The number of alkyl carbamates (subject to hydrolysis) is 1. The molecular weight excluding hydrogens is 1870 g/mol. The Kier molecular flexibility index (Phi) is 40.0. The molecule has 5 aromatic heterocycles. The van der Waals surface area contributed by atoms with E-state index in [0.29, 0.717) is 113 Å². The summed E-state index contributed by atoms with van der Waals surface area (Å²) in [6.45, 7) is 31.4. The van der Waals surface area contributed by atoms with Gasteiger partial charge in [-0.3, -0.25) is 24.0 Å². The molecule has 0 spiro atoms. The number of allylic oxidation sites excluding steroid dienone is 5. The van der Waals surface area contributed by atoms with Crippen molar-refractivity contribution < 1.29 is 52.1 Å². The molecule has 33 nitrogen and oxygen atoms in total. The molecule has 0 radical (unpaired) electrons. The molecule has 1 saturated heterocycles. The standard InChI is InChI=1S/C28H34N6O4.C23H22FN5O3.C22H22N4O.C21H20N4O.C20H18N4O/c1-6-24(35)31-20-10-7-11-21(16-20)32-25-19(2)18-30-26(34-25)33-22-12-8-13-23(17-22)37-15-9-14-29-27(36)38-28(3,4)5;1-2-21(30)26-16-4-3-5-17(12-16)27-22-20(24)13-25-23(29-22)28-15-6-8-18(9-7-15)32-19-10-11-31-14-19;1-15(2)12-20(27)17-8-7-11-19(13-17)24-21-16(3)14-23-22(26-21)25-18-9-5-4-6-10-18;1-3-8-19(26)16-9-7-12-18(13-16)23-20-15(2)14-22-21(25-20)24-17-10-5-4-6-11-17;1-3-18(25)15-8-7-11-17(12-15)22-19-14(2)13-21-20(24-19)23-16-9-5-4-6-10-16/h6-8,10-13,16-18H,1,9,14-15H2,2-5H3,(H,29,36)(H,31,35)(H2,30,32,33,34);2-9,12-13,19H,1,10-11,14H2,(H,26,30)(H2,25,27,28,29);4-14H,1-3H3,(H2,23,24,25,26);3-14H,1-2H3,(H2,22,23,24,25);3-13H,1H2,2H3,(H2,21,22,23,24)/b;;;8-3+;/t;19-;;;/m.1.../s1. The largest absolute Gasteiger partial charge is 0.493 e. The molecule has 1 aliphatic heterocycles. The van der Waals surface area contributed by atoms with Gasteiger partial charge in [0.15, 0.2) is 29.0 Å². The van der Waals surface area contributed by atoms with Crippen LogP contribution in [0.4, 0.5) is 136 Å². The van der Waals surface area contributed by atoms with E-state index >= 15 is 0 Å². The Hall–Kier alpha value is -19.0. The Bertz CT molecular complexity index is 7150. The van der Waals surface area contributed by atoms with Gasteiger partial charge in [0.25, 0.3) is 0 Å². The summed E-state index contributed by atoms with van der Waals surface area (Å²) in [6, 6.07) is 80.1. The Morgan fingerprint density at radius 1 is 0.399 bits per heavy atom. The van der Waals surface area contributed by atoms with Crippen molar-refractivity contribution in [3.05, 3.63) is 398 Å². The average molecular weight is 1990 g/mol. The lowest BCUT2D eigenvalue weighted by molar-refractivity contribution is -0.112. The maximum Gasteiger partial charge on any atom is 0.407 e. The van der Waals surface area contributed by atoms with Gasteiger partial charge < -0.3 is 88.1 Å². The zero-order chi connectivity index (χ0) is 105. The van der Waals surface area contributed by atoms with Crippen LogP contribution in [0.5, 0.6) is 11.5 Å². The number of halogens is 1. The molecule has 0 saturated carbocycles. The SMILES string of the molecule is C/C=C/C(=O)c1cccc(Nc2nc(Nc3ccccc3)ncc2C)c1.C=CC(=O)Nc1cccc(Nc2nc(Nc3ccc(O[C@@H]4CCOC4)cc3)ncc2F)c1.C=CC(=O)Nc1cccc(Nc2nc(Nc3cccc(OCCCNC(=O)OC(C)(C)C)c3)ncc2C)c1.C=CC(=O)c1cccc(Nc2nc(Nc3ccccc3)ncc2C)c1.CC(C)=CC(=O)c1cccc(Nc2nc(Nc3ccccc3)ncc2C)c1. The number of benzene rings is 10. The second kappa shape index (κ2) is 54.9. The number of para-hydroxylation sites is 3. The second-order valence-electron chi connectivity index (χ2n) is 34.2. The summed E-state index contributed by atoms with van der Waals surface area (Å²) in [4.78, 5) is 115. The molecule has 16 rings (SSSR count). The maximum absolute atomic E-state index is 14.3. The van der Waals surface area contributed by atoms with Gasteiger partial charge >= 0.3 is 6.09 Å². The molecule has 3 amide bonds. The van der Waals surface area contributed by atoms with Crippen molar-refractivity contribution in [3.8, 4) is 11.5 Å². The molecule has 34 heteroatoms. The molecule has 13 N–H and O–H groups in total. The smallest absolute Gasteiger partial charge is 0.407 e. The summed E-state index contributed by atoms with van der Waals surface area (Å²) in [5, 5.41) is 39.8. The minimum Gasteiger partial charge on any atom is -0.493 e. The third kappa shape index (κ3) is 35.9. The predicted molar refractivity (Wildman–Crippen MR) is 586 cm³/mol. The maximum atomic E-state index is 14.3. The summed E-state index contributed by atoms with van der Waals surface area (Å²) >= 11 is 0. The van der Waals surface area contributed by atoms with Crippen LogP contribution in [0.15, 0.2) is 354 Å². The quantitative estimate of drug-likeness (QED) is 0.00977. The van der Waals surface area contributed by atoms with Crippen molar-refractivity contribution in [2.75, 3.05) is 90.2 Å². The number of carbonyl (C=O) groups excluding carboxylic acids is 6. The number of nitrogens with zero attached hydrogens (tertiary/aromatic N) is 10. The van der Waals surface area contributed by atoms with Crippen LogP contribution < -0.4 is 78.6 Å². The van der Waals surface area contributed by atoms with Crippen molar-refractivity contribution in [3.63, 3.8) is 0 Å². The average Bonchev–Trinajstić information content (AvgIpc) is 0.939. The normalized spacial score (nSPS) is 11.5. The van der Waals surface area contributed by atoms with Crippen LogP contribution in [-0.2, 0) is 19.1 Å². The van der Waals surface area contributed by atoms with Crippen molar-refractivity contribution >= 4 is 162 Å². The third-order valence-electron chi connectivity index (χ3n) is 20.7. The van der Waals surface area contributed by atoms with Gasteiger partial charge in [0.05, 0.1) is 26.0 Å². The van der Waals surface area contributed by atoms with E-state index in [9.17, 15) is 33.2 Å². The van der Waals surface area contributed by atoms with Gasteiger partial charge in [0, 0.05) is 151 Å². The van der Waals surface area contributed by atoms with Crippen molar-refractivity contribution in [2.45, 2.75) is 93.8 Å². The number of aromatic nitrogens is 10. The summed E-state index contributed by atoms with van der Waals surface area (Å²) in [5.74, 6) is 4.86. The first-order valence-electron chi connectivity index (χ1n) is 47.2. The molecule has 15 aromatic rings. The molecule has 1 aliphatic rings. The van der Waals surface area contributed by atoms with Crippen LogP contribution in [0.2, 0.25) is 0 Å². The minimum atomic E-state index is -0.612. The van der Waals surface area contributed by atoms with Gasteiger partial charge in [0.1, 0.15) is 46.5 Å². The summed E-state index contributed by atoms with van der Waals surface area (Å²) in [5.41, 5.74) is 15.0. The Labute approximate surface area is 858 Å². The van der Waals surface area contributed by atoms with Gasteiger partial charge in [-0.25, -0.2) is 34.1 Å². The lowest BCUT2D eigenvalue weighted by atomic mass is 10.1. The van der Waals surface area contributed by atoms with Gasteiger partial charge in [-0.1, -0.05) is 141 Å². The summed E-state index contributed by atoms with van der Waals surface area (Å²) in [7, 11) is 0. The van der Waals surface area contributed by atoms with Crippen LogP contribution >= 0.6 is 0 Å². The Morgan fingerprint density at radius 3 is 1.16 bits per heavy atom. The topological polar surface area (TPSA) is 425 Å². The lowest BCUT2D eigenvalue weighted by Crippen LogP contribution is -2.33. The van der Waals surface area contributed by atoms with Crippen LogP contribution in [0.3, 0.4) is 0 Å².